The summed E-state index contributed by atoms with van der Waals surface area (Å²) >= 11 is 0. The van der Waals surface area contributed by atoms with Gasteiger partial charge in [-0.1, -0.05) is 0 Å². The number of carboxylic acids is 1. The third-order valence-corrected chi connectivity index (χ3v) is 3.16. The number of ether oxygens (including phenoxy) is 1. The zero-order valence-electron chi connectivity index (χ0n) is 10.6. The summed E-state index contributed by atoms with van der Waals surface area (Å²) in [6.07, 6.45) is 0.848. The molecule has 1 aliphatic rings. The Labute approximate surface area is 106 Å². The van der Waals surface area contributed by atoms with Gasteiger partial charge in [-0.25, -0.2) is 4.79 Å². The van der Waals surface area contributed by atoms with Crippen LogP contribution in [0.1, 0.15) is 21.7 Å². The number of pyridine rings is 1. The van der Waals surface area contributed by atoms with Crippen molar-refractivity contribution in [1.29, 1.82) is 0 Å². The van der Waals surface area contributed by atoms with Crippen molar-refractivity contribution in [3.63, 3.8) is 0 Å². The number of aryl methyl sites for hydroxylation is 1. The summed E-state index contributed by atoms with van der Waals surface area (Å²) in [4.78, 5) is 17.6. The maximum absolute atomic E-state index is 10.9. The van der Waals surface area contributed by atoms with Crippen molar-refractivity contribution >= 4 is 5.97 Å². The van der Waals surface area contributed by atoms with Crippen molar-refractivity contribution in [1.82, 2.24) is 9.88 Å². The summed E-state index contributed by atoms with van der Waals surface area (Å²) in [5, 5.41) is 8.93. The molecule has 98 valence electrons. The van der Waals surface area contributed by atoms with Crippen LogP contribution in [-0.4, -0.2) is 53.8 Å². The van der Waals surface area contributed by atoms with E-state index < -0.39 is 5.97 Å². The van der Waals surface area contributed by atoms with E-state index in [1.54, 1.807) is 19.1 Å². The third kappa shape index (κ3) is 3.27. The van der Waals surface area contributed by atoms with E-state index in [9.17, 15) is 4.79 Å². The molecule has 0 spiro atoms. The zero-order valence-corrected chi connectivity index (χ0v) is 10.6. The summed E-state index contributed by atoms with van der Waals surface area (Å²) < 4.78 is 5.29. The Morgan fingerprint density at radius 2 is 2.17 bits per heavy atom. The number of hydrogen-bond donors (Lipinski definition) is 1. The lowest BCUT2D eigenvalue weighted by Gasteiger charge is -2.26. The zero-order chi connectivity index (χ0) is 13.0. The minimum atomic E-state index is -0.917. The van der Waals surface area contributed by atoms with Gasteiger partial charge in [-0.2, -0.15) is 0 Å². The van der Waals surface area contributed by atoms with Gasteiger partial charge in [0.05, 0.1) is 24.5 Å². The van der Waals surface area contributed by atoms with Gasteiger partial charge in [-0.15, -0.1) is 0 Å². The lowest BCUT2D eigenvalue weighted by Crippen LogP contribution is -2.37. The molecule has 1 saturated heterocycles. The van der Waals surface area contributed by atoms with Crippen molar-refractivity contribution < 1.29 is 14.6 Å². The molecular weight excluding hydrogens is 232 g/mol. The maximum Gasteiger partial charge on any atom is 0.337 e. The quantitative estimate of drug-likeness (QED) is 0.862. The molecule has 0 aromatic carbocycles. The molecule has 1 aliphatic heterocycles. The summed E-state index contributed by atoms with van der Waals surface area (Å²) in [5.41, 5.74) is 1.82. The van der Waals surface area contributed by atoms with E-state index in [4.69, 9.17) is 9.84 Å². The number of nitrogens with zero attached hydrogens (tertiary/aromatic N) is 2. The summed E-state index contributed by atoms with van der Waals surface area (Å²) in [5.74, 6) is -0.917. The number of hydrogen-bond acceptors (Lipinski definition) is 4. The second-order valence-electron chi connectivity index (χ2n) is 4.44. The van der Waals surface area contributed by atoms with Gasteiger partial charge in [0, 0.05) is 31.7 Å². The average molecular weight is 250 g/mol. The predicted molar refractivity (Wildman–Crippen MR) is 66.9 cm³/mol. The van der Waals surface area contributed by atoms with Crippen LogP contribution in [0, 0.1) is 6.92 Å². The van der Waals surface area contributed by atoms with Gasteiger partial charge in [0.2, 0.25) is 0 Å². The standard InChI is InChI=1S/C13H18N2O3/c1-10-12(13(16)17)3-2-11(14-10)4-5-15-6-8-18-9-7-15/h2-3H,4-9H2,1H3,(H,16,17). The SMILES string of the molecule is Cc1nc(CCN2CCOCC2)ccc1C(=O)O. The fourth-order valence-electron chi connectivity index (χ4n) is 2.08. The number of carbonyl (C=O) groups is 1. The molecule has 18 heavy (non-hydrogen) atoms. The molecule has 0 saturated carbocycles. The van der Waals surface area contributed by atoms with E-state index in [1.807, 2.05) is 0 Å². The number of rotatable bonds is 4. The first-order chi connectivity index (χ1) is 8.66. The van der Waals surface area contributed by atoms with Crippen LogP contribution in [0.5, 0.6) is 0 Å². The first-order valence-corrected chi connectivity index (χ1v) is 6.17. The highest BCUT2D eigenvalue weighted by Gasteiger charge is 2.12. The number of aromatic nitrogens is 1. The normalized spacial score (nSPS) is 16.7. The van der Waals surface area contributed by atoms with Crippen molar-refractivity contribution in [2.75, 3.05) is 32.8 Å². The molecule has 0 bridgehead atoms. The van der Waals surface area contributed by atoms with Gasteiger partial charge in [-0.3, -0.25) is 9.88 Å². The van der Waals surface area contributed by atoms with Gasteiger partial charge in [0.1, 0.15) is 0 Å². The van der Waals surface area contributed by atoms with Crippen LogP contribution in [0.3, 0.4) is 0 Å². The fraction of sp³-hybridized carbons (Fsp3) is 0.538. The average Bonchev–Trinajstić information content (AvgIpc) is 2.37. The van der Waals surface area contributed by atoms with Gasteiger partial charge in [-0.05, 0) is 19.1 Å². The number of morpholine rings is 1. The highest BCUT2D eigenvalue weighted by atomic mass is 16.5. The number of aromatic carboxylic acids is 1. The van der Waals surface area contributed by atoms with Crippen LogP contribution in [0.15, 0.2) is 12.1 Å². The molecule has 5 heteroatoms. The fourth-order valence-corrected chi connectivity index (χ4v) is 2.08. The van der Waals surface area contributed by atoms with Crippen LogP contribution in [0.25, 0.3) is 0 Å². The predicted octanol–water partition coefficient (Wildman–Crippen LogP) is 0.963. The molecule has 5 nitrogen and oxygen atoms in total. The van der Waals surface area contributed by atoms with Crippen LogP contribution >= 0.6 is 0 Å². The van der Waals surface area contributed by atoms with E-state index in [2.05, 4.69) is 9.88 Å². The Balaban J connectivity index is 1.93. The van der Waals surface area contributed by atoms with E-state index in [0.29, 0.717) is 5.69 Å². The molecule has 0 aliphatic carbocycles. The first kappa shape index (κ1) is 13.0. The molecular formula is C13H18N2O3. The van der Waals surface area contributed by atoms with Crippen molar-refractivity contribution in [2.24, 2.45) is 0 Å². The summed E-state index contributed by atoms with van der Waals surface area (Å²) in [6, 6.07) is 3.44. The molecule has 0 amide bonds. The molecule has 1 N–H and O–H groups in total. The monoisotopic (exact) mass is 250 g/mol. The Morgan fingerprint density at radius 3 is 2.78 bits per heavy atom. The highest BCUT2D eigenvalue weighted by molar-refractivity contribution is 5.88. The van der Waals surface area contributed by atoms with Crippen LogP contribution < -0.4 is 0 Å². The summed E-state index contributed by atoms with van der Waals surface area (Å²) in [7, 11) is 0. The lowest BCUT2D eigenvalue weighted by atomic mass is 10.1. The largest absolute Gasteiger partial charge is 0.478 e. The molecule has 1 aromatic heterocycles. The van der Waals surface area contributed by atoms with Gasteiger partial charge >= 0.3 is 5.97 Å². The topological polar surface area (TPSA) is 62.7 Å². The second-order valence-corrected chi connectivity index (χ2v) is 4.44. The molecule has 2 heterocycles. The molecule has 1 aromatic rings. The minimum absolute atomic E-state index is 0.283. The highest BCUT2D eigenvalue weighted by Crippen LogP contribution is 2.08. The number of carboxylic acid groups (broad SMARTS) is 1. The van der Waals surface area contributed by atoms with E-state index in [-0.39, 0.29) is 5.56 Å². The minimum Gasteiger partial charge on any atom is -0.478 e. The molecule has 0 radical (unpaired) electrons. The molecule has 0 unspecified atom stereocenters. The Morgan fingerprint density at radius 1 is 1.44 bits per heavy atom. The first-order valence-electron chi connectivity index (χ1n) is 6.17. The van der Waals surface area contributed by atoms with Crippen LogP contribution in [0.2, 0.25) is 0 Å². The Kier molecular flexibility index (Phi) is 4.28. The van der Waals surface area contributed by atoms with Crippen molar-refractivity contribution in [3.8, 4) is 0 Å². The smallest absolute Gasteiger partial charge is 0.337 e. The molecule has 2 rings (SSSR count). The third-order valence-electron chi connectivity index (χ3n) is 3.16. The van der Waals surface area contributed by atoms with Crippen molar-refractivity contribution in [2.45, 2.75) is 13.3 Å². The van der Waals surface area contributed by atoms with E-state index >= 15 is 0 Å². The van der Waals surface area contributed by atoms with Crippen molar-refractivity contribution in [3.05, 3.63) is 29.1 Å². The van der Waals surface area contributed by atoms with Crippen LogP contribution in [0.4, 0.5) is 0 Å². The van der Waals surface area contributed by atoms with Gasteiger partial charge < -0.3 is 9.84 Å². The van der Waals surface area contributed by atoms with Gasteiger partial charge in [0.15, 0.2) is 0 Å². The molecule has 0 atom stereocenters. The lowest BCUT2D eigenvalue weighted by molar-refractivity contribution is 0.0383. The van der Waals surface area contributed by atoms with E-state index in [0.717, 1.165) is 45.0 Å². The van der Waals surface area contributed by atoms with E-state index in [1.165, 1.54) is 0 Å². The van der Waals surface area contributed by atoms with Gasteiger partial charge in [0.25, 0.3) is 0 Å². The Bertz CT molecular complexity index is 428. The molecule has 1 fully saturated rings. The Hall–Kier alpha value is -1.46. The summed E-state index contributed by atoms with van der Waals surface area (Å²) in [6.45, 7) is 6.21. The van der Waals surface area contributed by atoms with Crippen LogP contribution in [-0.2, 0) is 11.2 Å². The second kappa shape index (κ2) is 5.93. The maximum atomic E-state index is 10.9.